The second-order valence-corrected chi connectivity index (χ2v) is 3.48. The van der Waals surface area contributed by atoms with E-state index in [4.69, 9.17) is 14.6 Å². The van der Waals surface area contributed by atoms with Crippen molar-refractivity contribution in [2.45, 2.75) is 26.4 Å². The van der Waals surface area contributed by atoms with E-state index in [2.05, 4.69) is 11.9 Å². The number of hydrogen-bond donors (Lipinski definition) is 1. The van der Waals surface area contributed by atoms with Crippen molar-refractivity contribution < 1.29 is 14.6 Å². The Hall–Kier alpha value is -1.13. The third-order valence-electron chi connectivity index (χ3n) is 2.10. The molecule has 4 nitrogen and oxygen atoms in total. The number of nitrogens with zero attached hydrogens (tertiary/aromatic N) is 1. The van der Waals surface area contributed by atoms with E-state index in [9.17, 15) is 0 Å². The zero-order chi connectivity index (χ0) is 11.6. The fourth-order valence-corrected chi connectivity index (χ4v) is 1.14. The molecular formula is C12H19NO3. The quantitative estimate of drug-likeness (QED) is 0.685. The topological polar surface area (TPSA) is 51.6 Å². The van der Waals surface area contributed by atoms with Gasteiger partial charge in [0, 0.05) is 18.9 Å². The zero-order valence-corrected chi connectivity index (χ0v) is 9.69. The standard InChI is InChI=1S/C12H19NO3/c1-2-3-6-15-7-8-16-12-5-4-11(10-14)9-13-12/h4-5,9,14H,2-3,6-8,10H2,1H3. The van der Waals surface area contributed by atoms with Crippen molar-refractivity contribution in [3.63, 3.8) is 0 Å². The smallest absolute Gasteiger partial charge is 0.213 e. The second-order valence-electron chi connectivity index (χ2n) is 3.48. The van der Waals surface area contributed by atoms with Crippen molar-refractivity contribution >= 4 is 0 Å². The minimum absolute atomic E-state index is 0.00735. The van der Waals surface area contributed by atoms with Crippen molar-refractivity contribution in [2.24, 2.45) is 0 Å². The van der Waals surface area contributed by atoms with Crippen LogP contribution < -0.4 is 4.74 Å². The lowest BCUT2D eigenvalue weighted by Gasteiger charge is -2.06. The van der Waals surface area contributed by atoms with Crippen LogP contribution >= 0.6 is 0 Å². The van der Waals surface area contributed by atoms with Crippen LogP contribution in [-0.2, 0) is 11.3 Å². The van der Waals surface area contributed by atoms with Gasteiger partial charge in [0.05, 0.1) is 13.2 Å². The summed E-state index contributed by atoms with van der Waals surface area (Å²) in [5.41, 5.74) is 0.784. The van der Waals surface area contributed by atoms with E-state index < -0.39 is 0 Å². The molecule has 0 aliphatic heterocycles. The Balaban J connectivity index is 2.12. The molecule has 0 aromatic carbocycles. The lowest BCUT2D eigenvalue weighted by Crippen LogP contribution is -2.08. The molecule has 0 amide bonds. The summed E-state index contributed by atoms with van der Waals surface area (Å²) in [6.45, 7) is 4.02. The first-order chi connectivity index (χ1) is 7.86. The van der Waals surface area contributed by atoms with Crippen molar-refractivity contribution in [3.05, 3.63) is 23.9 Å². The maximum atomic E-state index is 8.82. The molecule has 0 aliphatic carbocycles. The predicted molar refractivity (Wildman–Crippen MR) is 61.4 cm³/mol. The summed E-state index contributed by atoms with van der Waals surface area (Å²) in [6, 6.07) is 3.54. The minimum atomic E-state index is 0.00735. The fourth-order valence-electron chi connectivity index (χ4n) is 1.14. The average Bonchev–Trinajstić information content (AvgIpc) is 2.34. The normalized spacial score (nSPS) is 10.4. The van der Waals surface area contributed by atoms with Gasteiger partial charge in [-0.25, -0.2) is 4.98 Å². The maximum Gasteiger partial charge on any atom is 0.213 e. The van der Waals surface area contributed by atoms with Gasteiger partial charge in [-0.15, -0.1) is 0 Å². The van der Waals surface area contributed by atoms with Crippen LogP contribution in [0, 0.1) is 0 Å². The monoisotopic (exact) mass is 225 g/mol. The number of ether oxygens (including phenoxy) is 2. The summed E-state index contributed by atoms with van der Waals surface area (Å²) in [4.78, 5) is 4.05. The van der Waals surface area contributed by atoms with Gasteiger partial charge >= 0.3 is 0 Å². The molecule has 0 radical (unpaired) electrons. The highest BCUT2D eigenvalue weighted by Gasteiger charge is 1.96. The van der Waals surface area contributed by atoms with Gasteiger partial charge in [0.25, 0.3) is 0 Å². The minimum Gasteiger partial charge on any atom is -0.475 e. The Bertz CT molecular complexity index is 274. The Morgan fingerprint density at radius 1 is 1.25 bits per heavy atom. The molecule has 16 heavy (non-hydrogen) atoms. The Kier molecular flexibility index (Phi) is 6.53. The highest BCUT2D eigenvalue weighted by Crippen LogP contribution is 2.07. The van der Waals surface area contributed by atoms with Crippen molar-refractivity contribution in [2.75, 3.05) is 19.8 Å². The molecule has 0 saturated heterocycles. The number of aliphatic hydroxyl groups excluding tert-OH is 1. The van der Waals surface area contributed by atoms with Gasteiger partial charge in [-0.05, 0) is 18.1 Å². The third-order valence-corrected chi connectivity index (χ3v) is 2.10. The van der Waals surface area contributed by atoms with Crippen LogP contribution in [-0.4, -0.2) is 29.9 Å². The molecule has 0 bridgehead atoms. The van der Waals surface area contributed by atoms with E-state index in [0.717, 1.165) is 25.0 Å². The number of unbranched alkanes of at least 4 members (excludes halogenated alkanes) is 1. The number of aromatic nitrogens is 1. The van der Waals surface area contributed by atoms with Crippen molar-refractivity contribution in [1.82, 2.24) is 4.98 Å². The summed E-state index contributed by atoms with van der Waals surface area (Å²) in [5, 5.41) is 8.82. The lowest BCUT2D eigenvalue weighted by molar-refractivity contribution is 0.0965. The molecule has 1 rings (SSSR count). The van der Waals surface area contributed by atoms with Crippen LogP contribution in [0.15, 0.2) is 18.3 Å². The van der Waals surface area contributed by atoms with Gasteiger partial charge in [-0.1, -0.05) is 13.3 Å². The summed E-state index contributed by atoms with van der Waals surface area (Å²) in [7, 11) is 0. The summed E-state index contributed by atoms with van der Waals surface area (Å²) >= 11 is 0. The Morgan fingerprint density at radius 2 is 2.12 bits per heavy atom. The Morgan fingerprint density at radius 3 is 2.75 bits per heavy atom. The molecule has 1 aromatic heterocycles. The summed E-state index contributed by atoms with van der Waals surface area (Å²) in [5.74, 6) is 0.566. The number of rotatable bonds is 8. The Labute approximate surface area is 96.2 Å². The molecule has 0 aliphatic rings. The zero-order valence-electron chi connectivity index (χ0n) is 9.69. The van der Waals surface area contributed by atoms with Crippen LogP contribution in [0.25, 0.3) is 0 Å². The molecule has 1 N–H and O–H groups in total. The van der Waals surface area contributed by atoms with Crippen LogP contribution in [0.1, 0.15) is 25.3 Å². The molecule has 1 aromatic rings. The highest BCUT2D eigenvalue weighted by molar-refractivity contribution is 5.16. The number of pyridine rings is 1. The predicted octanol–water partition coefficient (Wildman–Crippen LogP) is 1.77. The van der Waals surface area contributed by atoms with E-state index in [1.54, 1.807) is 18.3 Å². The van der Waals surface area contributed by atoms with E-state index >= 15 is 0 Å². The van der Waals surface area contributed by atoms with Crippen LogP contribution in [0.2, 0.25) is 0 Å². The summed E-state index contributed by atoms with van der Waals surface area (Å²) < 4.78 is 10.7. The lowest BCUT2D eigenvalue weighted by atomic mass is 10.3. The van der Waals surface area contributed by atoms with Gasteiger partial charge in [-0.2, -0.15) is 0 Å². The fraction of sp³-hybridized carbons (Fsp3) is 0.583. The molecular weight excluding hydrogens is 206 g/mol. The molecule has 0 atom stereocenters. The molecule has 0 spiro atoms. The van der Waals surface area contributed by atoms with Gasteiger partial charge in [0.1, 0.15) is 6.61 Å². The third kappa shape index (κ3) is 5.09. The number of aliphatic hydroxyl groups is 1. The van der Waals surface area contributed by atoms with Gasteiger partial charge < -0.3 is 14.6 Å². The van der Waals surface area contributed by atoms with Gasteiger partial charge in [-0.3, -0.25) is 0 Å². The second kappa shape index (κ2) is 8.07. The molecule has 0 unspecified atom stereocenters. The molecule has 0 saturated carbocycles. The number of hydrogen-bond acceptors (Lipinski definition) is 4. The largest absolute Gasteiger partial charge is 0.475 e. The van der Waals surface area contributed by atoms with E-state index in [0.29, 0.717) is 19.1 Å². The van der Waals surface area contributed by atoms with Crippen LogP contribution in [0.3, 0.4) is 0 Å². The first-order valence-electron chi connectivity index (χ1n) is 5.63. The summed E-state index contributed by atoms with van der Waals surface area (Å²) in [6.07, 6.45) is 3.84. The first kappa shape index (κ1) is 12.9. The SMILES string of the molecule is CCCCOCCOc1ccc(CO)cn1. The van der Waals surface area contributed by atoms with Crippen molar-refractivity contribution in [3.8, 4) is 5.88 Å². The average molecular weight is 225 g/mol. The van der Waals surface area contributed by atoms with Crippen molar-refractivity contribution in [1.29, 1.82) is 0 Å². The van der Waals surface area contributed by atoms with E-state index in [1.807, 2.05) is 0 Å². The highest BCUT2D eigenvalue weighted by atomic mass is 16.5. The first-order valence-corrected chi connectivity index (χ1v) is 5.63. The molecule has 90 valence electrons. The molecule has 1 heterocycles. The maximum absolute atomic E-state index is 8.82. The van der Waals surface area contributed by atoms with E-state index in [-0.39, 0.29) is 6.61 Å². The van der Waals surface area contributed by atoms with Crippen LogP contribution in [0.5, 0.6) is 5.88 Å². The van der Waals surface area contributed by atoms with Gasteiger partial charge in [0.2, 0.25) is 5.88 Å². The van der Waals surface area contributed by atoms with E-state index in [1.165, 1.54) is 0 Å². The molecule has 4 heteroatoms. The van der Waals surface area contributed by atoms with Crippen LogP contribution in [0.4, 0.5) is 0 Å². The molecule has 0 fully saturated rings. The van der Waals surface area contributed by atoms with Gasteiger partial charge in [0.15, 0.2) is 0 Å².